The summed E-state index contributed by atoms with van der Waals surface area (Å²) in [5.74, 6) is 1.01. The molecule has 0 spiro atoms. The maximum atomic E-state index is 5.28. The van der Waals surface area contributed by atoms with Crippen LogP contribution in [0.4, 0.5) is 0 Å². The highest BCUT2D eigenvalue weighted by molar-refractivity contribution is 9.10. The summed E-state index contributed by atoms with van der Waals surface area (Å²) in [5.41, 5.74) is 1.16. The van der Waals surface area contributed by atoms with Crippen LogP contribution in [-0.4, -0.2) is 28.5 Å². The Morgan fingerprint density at radius 3 is 2.88 bits per heavy atom. The quantitative estimate of drug-likeness (QED) is 0.869. The summed E-state index contributed by atoms with van der Waals surface area (Å²) in [5, 5.41) is 8.08. The molecule has 0 bridgehead atoms. The summed E-state index contributed by atoms with van der Waals surface area (Å²) in [4.78, 5) is 0. The van der Waals surface area contributed by atoms with Crippen LogP contribution in [0.2, 0.25) is 0 Å². The van der Waals surface area contributed by atoms with E-state index in [-0.39, 0.29) is 5.92 Å². The molecule has 2 aromatic rings. The van der Waals surface area contributed by atoms with Crippen LogP contribution < -0.4 is 0 Å². The predicted molar refractivity (Wildman–Crippen MR) is 68.9 cm³/mol. The average Bonchev–Trinajstić information content (AvgIpc) is 2.72. The van der Waals surface area contributed by atoms with Gasteiger partial charge in [-0.15, -0.1) is 10.2 Å². The van der Waals surface area contributed by atoms with Crippen molar-refractivity contribution < 1.29 is 4.74 Å². The first-order valence-electron chi connectivity index (χ1n) is 5.30. The minimum absolute atomic E-state index is 0.102. The van der Waals surface area contributed by atoms with E-state index >= 15 is 0 Å². The van der Waals surface area contributed by atoms with E-state index in [9.17, 15) is 0 Å². The van der Waals surface area contributed by atoms with Crippen molar-refractivity contribution >= 4 is 15.9 Å². The molecule has 17 heavy (non-hydrogen) atoms. The molecule has 1 aromatic heterocycles. The fourth-order valence-electron chi connectivity index (χ4n) is 1.82. The van der Waals surface area contributed by atoms with Crippen molar-refractivity contribution in [2.24, 2.45) is 7.05 Å². The molecule has 90 valence electrons. The summed E-state index contributed by atoms with van der Waals surface area (Å²) in [6.07, 6.45) is 1.70. The highest BCUT2D eigenvalue weighted by Crippen LogP contribution is 2.25. The second-order valence-corrected chi connectivity index (χ2v) is 4.78. The molecule has 0 aliphatic carbocycles. The molecule has 0 aliphatic rings. The van der Waals surface area contributed by atoms with Crippen molar-refractivity contribution in [2.75, 3.05) is 13.7 Å². The largest absolute Gasteiger partial charge is 0.384 e. The zero-order valence-electron chi connectivity index (χ0n) is 9.80. The van der Waals surface area contributed by atoms with Gasteiger partial charge in [-0.3, -0.25) is 0 Å². The smallest absolute Gasteiger partial charge is 0.142 e. The van der Waals surface area contributed by atoms with Crippen LogP contribution in [-0.2, 0) is 11.8 Å². The van der Waals surface area contributed by atoms with Crippen LogP contribution in [0.5, 0.6) is 0 Å². The number of aryl methyl sites for hydroxylation is 1. The number of ether oxygens (including phenoxy) is 1. The summed E-state index contributed by atoms with van der Waals surface area (Å²) < 4.78 is 8.26. The van der Waals surface area contributed by atoms with Gasteiger partial charge >= 0.3 is 0 Å². The van der Waals surface area contributed by atoms with Crippen molar-refractivity contribution in [2.45, 2.75) is 5.92 Å². The molecule has 0 aliphatic heterocycles. The van der Waals surface area contributed by atoms with Gasteiger partial charge in [0.25, 0.3) is 0 Å². The van der Waals surface area contributed by atoms with Crippen molar-refractivity contribution in [3.8, 4) is 0 Å². The Morgan fingerprint density at radius 2 is 2.29 bits per heavy atom. The third kappa shape index (κ3) is 2.73. The van der Waals surface area contributed by atoms with E-state index in [1.54, 1.807) is 13.4 Å². The molecule has 1 aromatic carbocycles. The van der Waals surface area contributed by atoms with Crippen LogP contribution in [0.25, 0.3) is 0 Å². The van der Waals surface area contributed by atoms with E-state index in [4.69, 9.17) is 4.74 Å². The fourth-order valence-corrected chi connectivity index (χ4v) is 2.23. The predicted octanol–water partition coefficient (Wildman–Crippen LogP) is 2.36. The Labute approximate surface area is 109 Å². The molecule has 1 atom stereocenters. The Balaban J connectivity index is 2.39. The van der Waals surface area contributed by atoms with Crippen molar-refractivity contribution in [1.82, 2.24) is 14.8 Å². The van der Waals surface area contributed by atoms with Gasteiger partial charge in [-0.25, -0.2) is 0 Å². The second kappa shape index (κ2) is 5.42. The van der Waals surface area contributed by atoms with E-state index in [1.807, 2.05) is 23.7 Å². The molecule has 0 saturated heterocycles. The van der Waals surface area contributed by atoms with E-state index in [1.165, 1.54) is 0 Å². The topological polar surface area (TPSA) is 39.9 Å². The molecular formula is C12H14BrN3O. The molecule has 0 radical (unpaired) electrons. The van der Waals surface area contributed by atoms with Gasteiger partial charge < -0.3 is 9.30 Å². The number of halogens is 1. The maximum Gasteiger partial charge on any atom is 0.142 e. The summed E-state index contributed by atoms with van der Waals surface area (Å²) in [6.45, 7) is 0.586. The van der Waals surface area contributed by atoms with Gasteiger partial charge in [-0.1, -0.05) is 28.1 Å². The summed E-state index contributed by atoms with van der Waals surface area (Å²) in [7, 11) is 3.64. The Kier molecular flexibility index (Phi) is 3.91. The zero-order chi connectivity index (χ0) is 12.3. The Hall–Kier alpha value is -1.20. The van der Waals surface area contributed by atoms with Gasteiger partial charge in [-0.2, -0.15) is 0 Å². The third-order valence-electron chi connectivity index (χ3n) is 2.64. The summed E-state index contributed by atoms with van der Waals surface area (Å²) >= 11 is 3.48. The average molecular weight is 296 g/mol. The van der Waals surface area contributed by atoms with Gasteiger partial charge in [0.2, 0.25) is 0 Å². The molecule has 0 amide bonds. The number of hydrogen-bond acceptors (Lipinski definition) is 3. The van der Waals surface area contributed by atoms with Crippen molar-refractivity contribution in [3.05, 3.63) is 46.5 Å². The van der Waals surface area contributed by atoms with Crippen LogP contribution in [0.15, 0.2) is 35.1 Å². The third-order valence-corrected chi connectivity index (χ3v) is 3.14. The summed E-state index contributed by atoms with van der Waals surface area (Å²) in [6, 6.07) is 8.17. The first-order valence-corrected chi connectivity index (χ1v) is 6.10. The molecule has 1 unspecified atom stereocenters. The highest BCUT2D eigenvalue weighted by atomic mass is 79.9. The molecule has 0 N–H and O–H groups in total. The Bertz CT molecular complexity index is 498. The first kappa shape index (κ1) is 12.3. The zero-order valence-corrected chi connectivity index (χ0v) is 11.4. The second-order valence-electron chi connectivity index (χ2n) is 3.86. The van der Waals surface area contributed by atoms with Gasteiger partial charge in [0.15, 0.2) is 0 Å². The molecule has 0 saturated carbocycles. The monoisotopic (exact) mass is 295 g/mol. The number of rotatable bonds is 4. The lowest BCUT2D eigenvalue weighted by molar-refractivity contribution is 0.186. The number of aromatic nitrogens is 3. The van der Waals surface area contributed by atoms with Crippen LogP contribution in [0.3, 0.4) is 0 Å². The standard InChI is InChI=1S/C12H14BrN3O/c1-16-8-14-15-12(16)11(7-17-2)9-4-3-5-10(13)6-9/h3-6,8,11H,7H2,1-2H3. The minimum Gasteiger partial charge on any atom is -0.384 e. The lowest BCUT2D eigenvalue weighted by atomic mass is 9.99. The molecule has 1 heterocycles. The lowest BCUT2D eigenvalue weighted by Gasteiger charge is -2.15. The normalized spacial score (nSPS) is 12.6. The minimum atomic E-state index is 0.102. The lowest BCUT2D eigenvalue weighted by Crippen LogP contribution is -2.13. The molecule has 5 heteroatoms. The van der Waals surface area contributed by atoms with E-state index in [2.05, 4.69) is 38.3 Å². The molecule has 2 rings (SSSR count). The van der Waals surface area contributed by atoms with Crippen molar-refractivity contribution in [3.63, 3.8) is 0 Å². The van der Waals surface area contributed by atoms with Crippen molar-refractivity contribution in [1.29, 1.82) is 0 Å². The molecule has 0 fully saturated rings. The molecule has 4 nitrogen and oxygen atoms in total. The van der Waals surface area contributed by atoms with Gasteiger partial charge in [0, 0.05) is 18.6 Å². The van der Waals surface area contributed by atoms with Gasteiger partial charge in [0.05, 0.1) is 12.5 Å². The number of hydrogen-bond donors (Lipinski definition) is 0. The first-order chi connectivity index (χ1) is 8.22. The molecular weight excluding hydrogens is 282 g/mol. The van der Waals surface area contributed by atoms with Gasteiger partial charge in [-0.05, 0) is 17.7 Å². The SMILES string of the molecule is COCC(c1cccc(Br)c1)c1nncn1C. The van der Waals surface area contributed by atoms with Crippen LogP contribution >= 0.6 is 15.9 Å². The van der Waals surface area contributed by atoms with E-state index < -0.39 is 0 Å². The van der Waals surface area contributed by atoms with E-state index in [0.717, 1.165) is 15.9 Å². The number of methoxy groups -OCH3 is 1. The number of benzene rings is 1. The highest BCUT2D eigenvalue weighted by Gasteiger charge is 2.19. The van der Waals surface area contributed by atoms with Crippen LogP contribution in [0.1, 0.15) is 17.3 Å². The van der Waals surface area contributed by atoms with Gasteiger partial charge in [0.1, 0.15) is 12.2 Å². The number of nitrogens with zero attached hydrogens (tertiary/aromatic N) is 3. The van der Waals surface area contributed by atoms with E-state index in [0.29, 0.717) is 6.61 Å². The Morgan fingerprint density at radius 1 is 1.47 bits per heavy atom. The fraction of sp³-hybridized carbons (Fsp3) is 0.333. The maximum absolute atomic E-state index is 5.28. The van der Waals surface area contributed by atoms with Crippen LogP contribution in [0, 0.1) is 0 Å².